The molecule has 0 saturated heterocycles. The van der Waals surface area contributed by atoms with Crippen molar-refractivity contribution in [2.24, 2.45) is 0 Å². The second-order valence-corrected chi connectivity index (χ2v) is 4.48. The summed E-state index contributed by atoms with van der Waals surface area (Å²) in [6.45, 7) is 2.85. The molecule has 1 aromatic carbocycles. The standard InChI is InChI=1S/C14H19FN2O3/c1-2-7-17(10-14(19)20)8-6-13(18)16-12-5-3-4-11(15)9-12/h3-5,9H,2,6-8,10H2,1H3,(H,16,18)(H,19,20). The summed E-state index contributed by atoms with van der Waals surface area (Å²) in [4.78, 5) is 24.1. The second kappa shape index (κ2) is 8.27. The van der Waals surface area contributed by atoms with E-state index in [-0.39, 0.29) is 18.9 Å². The van der Waals surface area contributed by atoms with E-state index in [1.165, 1.54) is 18.2 Å². The monoisotopic (exact) mass is 282 g/mol. The summed E-state index contributed by atoms with van der Waals surface area (Å²) in [5.41, 5.74) is 0.398. The molecule has 1 amide bonds. The van der Waals surface area contributed by atoms with Crippen molar-refractivity contribution in [3.8, 4) is 0 Å². The molecule has 0 aliphatic rings. The van der Waals surface area contributed by atoms with Crippen molar-refractivity contribution in [1.82, 2.24) is 4.90 Å². The molecule has 1 rings (SSSR count). The Morgan fingerprint density at radius 2 is 2.10 bits per heavy atom. The van der Waals surface area contributed by atoms with E-state index < -0.39 is 11.8 Å². The number of anilines is 1. The lowest BCUT2D eigenvalue weighted by atomic mass is 10.3. The fourth-order valence-electron chi connectivity index (χ4n) is 1.83. The second-order valence-electron chi connectivity index (χ2n) is 4.48. The Bertz CT molecular complexity index is 465. The lowest BCUT2D eigenvalue weighted by molar-refractivity contribution is -0.138. The van der Waals surface area contributed by atoms with Crippen molar-refractivity contribution >= 4 is 17.6 Å². The van der Waals surface area contributed by atoms with Gasteiger partial charge in [0.15, 0.2) is 0 Å². The summed E-state index contributed by atoms with van der Waals surface area (Å²) in [7, 11) is 0. The van der Waals surface area contributed by atoms with Crippen LogP contribution in [0, 0.1) is 5.82 Å². The predicted molar refractivity (Wildman–Crippen MR) is 74.0 cm³/mol. The molecule has 0 unspecified atom stereocenters. The first kappa shape index (κ1) is 16.1. The zero-order chi connectivity index (χ0) is 15.0. The fraction of sp³-hybridized carbons (Fsp3) is 0.429. The molecule has 0 fully saturated rings. The number of amides is 1. The maximum Gasteiger partial charge on any atom is 0.317 e. The average molecular weight is 282 g/mol. The fourth-order valence-corrected chi connectivity index (χ4v) is 1.83. The van der Waals surface area contributed by atoms with Gasteiger partial charge in [0.25, 0.3) is 0 Å². The van der Waals surface area contributed by atoms with E-state index in [1.54, 1.807) is 11.0 Å². The molecule has 20 heavy (non-hydrogen) atoms. The van der Waals surface area contributed by atoms with Crippen LogP contribution >= 0.6 is 0 Å². The summed E-state index contributed by atoms with van der Waals surface area (Å²) in [5, 5.41) is 11.3. The number of benzene rings is 1. The van der Waals surface area contributed by atoms with Crippen molar-refractivity contribution in [3.05, 3.63) is 30.1 Å². The Morgan fingerprint density at radius 1 is 1.35 bits per heavy atom. The van der Waals surface area contributed by atoms with Crippen molar-refractivity contribution < 1.29 is 19.1 Å². The molecule has 0 aliphatic heterocycles. The van der Waals surface area contributed by atoms with Crippen LogP contribution < -0.4 is 5.32 Å². The first-order chi connectivity index (χ1) is 9.51. The predicted octanol–water partition coefficient (Wildman–Crippen LogP) is 1.95. The molecule has 0 aromatic heterocycles. The van der Waals surface area contributed by atoms with Gasteiger partial charge in [-0.05, 0) is 31.2 Å². The Labute approximate surface area is 117 Å². The first-order valence-corrected chi connectivity index (χ1v) is 6.51. The lowest BCUT2D eigenvalue weighted by Crippen LogP contribution is -2.33. The smallest absolute Gasteiger partial charge is 0.317 e. The van der Waals surface area contributed by atoms with Gasteiger partial charge in [-0.15, -0.1) is 0 Å². The maximum atomic E-state index is 13.0. The quantitative estimate of drug-likeness (QED) is 0.764. The van der Waals surface area contributed by atoms with Gasteiger partial charge in [0, 0.05) is 18.7 Å². The third kappa shape index (κ3) is 6.29. The summed E-state index contributed by atoms with van der Waals surface area (Å²) < 4.78 is 13.0. The molecule has 5 nitrogen and oxygen atoms in total. The molecule has 0 heterocycles. The molecule has 0 atom stereocenters. The molecule has 0 bridgehead atoms. The van der Waals surface area contributed by atoms with Crippen molar-refractivity contribution in [2.45, 2.75) is 19.8 Å². The largest absolute Gasteiger partial charge is 0.480 e. The highest BCUT2D eigenvalue weighted by molar-refractivity contribution is 5.90. The zero-order valence-electron chi connectivity index (χ0n) is 11.4. The number of halogens is 1. The van der Waals surface area contributed by atoms with E-state index in [2.05, 4.69) is 5.32 Å². The normalized spacial score (nSPS) is 10.6. The number of nitrogens with zero attached hydrogens (tertiary/aromatic N) is 1. The van der Waals surface area contributed by atoms with Gasteiger partial charge in [-0.2, -0.15) is 0 Å². The van der Waals surface area contributed by atoms with Crippen LogP contribution in [0.1, 0.15) is 19.8 Å². The molecule has 1 aromatic rings. The van der Waals surface area contributed by atoms with Crippen LogP contribution in [0.25, 0.3) is 0 Å². The summed E-state index contributed by atoms with van der Waals surface area (Å²) in [5.74, 6) is -1.59. The van der Waals surface area contributed by atoms with E-state index in [4.69, 9.17) is 5.11 Å². The third-order valence-corrected chi connectivity index (χ3v) is 2.66. The number of hydrogen-bond acceptors (Lipinski definition) is 3. The number of hydrogen-bond donors (Lipinski definition) is 2. The SMILES string of the molecule is CCCN(CCC(=O)Nc1cccc(F)c1)CC(=O)O. The maximum absolute atomic E-state index is 13.0. The molecule has 0 aliphatic carbocycles. The van der Waals surface area contributed by atoms with Crippen molar-refractivity contribution in [1.29, 1.82) is 0 Å². The van der Waals surface area contributed by atoms with Crippen molar-refractivity contribution in [3.63, 3.8) is 0 Å². The van der Waals surface area contributed by atoms with E-state index in [0.717, 1.165) is 6.42 Å². The molecule has 2 N–H and O–H groups in total. The summed E-state index contributed by atoms with van der Waals surface area (Å²) in [6, 6.07) is 5.64. The number of nitrogens with one attached hydrogen (secondary N) is 1. The molecule has 0 radical (unpaired) electrons. The Hall–Kier alpha value is -1.95. The van der Waals surface area contributed by atoms with Crippen LogP contribution in [0.3, 0.4) is 0 Å². The van der Waals surface area contributed by atoms with Gasteiger partial charge in [-0.3, -0.25) is 14.5 Å². The molecule has 110 valence electrons. The molecular formula is C14H19FN2O3. The topological polar surface area (TPSA) is 69.6 Å². The van der Waals surface area contributed by atoms with Gasteiger partial charge in [-0.1, -0.05) is 13.0 Å². The van der Waals surface area contributed by atoms with Crippen LogP contribution in [0.5, 0.6) is 0 Å². The number of rotatable bonds is 8. The van der Waals surface area contributed by atoms with Crippen LogP contribution in [-0.4, -0.2) is 41.5 Å². The van der Waals surface area contributed by atoms with Crippen LogP contribution in [0.4, 0.5) is 10.1 Å². The molecule has 0 spiro atoms. The summed E-state index contributed by atoms with van der Waals surface area (Å²) >= 11 is 0. The Morgan fingerprint density at radius 3 is 2.70 bits per heavy atom. The highest BCUT2D eigenvalue weighted by Gasteiger charge is 2.11. The van der Waals surface area contributed by atoms with Gasteiger partial charge >= 0.3 is 5.97 Å². The highest BCUT2D eigenvalue weighted by atomic mass is 19.1. The number of carboxylic acid groups (broad SMARTS) is 1. The lowest BCUT2D eigenvalue weighted by Gasteiger charge is -2.18. The van der Waals surface area contributed by atoms with Crippen LogP contribution in [-0.2, 0) is 9.59 Å². The minimum Gasteiger partial charge on any atom is -0.480 e. The van der Waals surface area contributed by atoms with Gasteiger partial charge in [-0.25, -0.2) is 4.39 Å². The Balaban J connectivity index is 2.43. The number of carbonyl (C=O) groups is 2. The molecular weight excluding hydrogens is 263 g/mol. The third-order valence-electron chi connectivity index (χ3n) is 2.66. The van der Waals surface area contributed by atoms with Crippen LogP contribution in [0.2, 0.25) is 0 Å². The molecule has 6 heteroatoms. The van der Waals surface area contributed by atoms with Gasteiger partial charge in [0.2, 0.25) is 5.91 Å². The van der Waals surface area contributed by atoms with E-state index in [0.29, 0.717) is 18.8 Å². The van der Waals surface area contributed by atoms with Crippen LogP contribution in [0.15, 0.2) is 24.3 Å². The first-order valence-electron chi connectivity index (χ1n) is 6.51. The summed E-state index contributed by atoms with van der Waals surface area (Å²) in [6.07, 6.45) is 0.989. The zero-order valence-corrected chi connectivity index (χ0v) is 11.4. The van der Waals surface area contributed by atoms with E-state index >= 15 is 0 Å². The van der Waals surface area contributed by atoms with E-state index in [9.17, 15) is 14.0 Å². The van der Waals surface area contributed by atoms with E-state index in [1.807, 2.05) is 6.92 Å². The number of aliphatic carboxylic acids is 1. The molecule has 0 saturated carbocycles. The Kier molecular flexibility index (Phi) is 6.66. The minimum absolute atomic E-state index is 0.0823. The number of carboxylic acids is 1. The highest BCUT2D eigenvalue weighted by Crippen LogP contribution is 2.09. The average Bonchev–Trinajstić information content (AvgIpc) is 2.35. The van der Waals surface area contributed by atoms with Gasteiger partial charge in [0.1, 0.15) is 5.82 Å². The van der Waals surface area contributed by atoms with Crippen molar-refractivity contribution in [2.75, 3.05) is 25.0 Å². The van der Waals surface area contributed by atoms with Gasteiger partial charge < -0.3 is 10.4 Å². The van der Waals surface area contributed by atoms with Gasteiger partial charge in [0.05, 0.1) is 6.54 Å². The number of carbonyl (C=O) groups excluding carboxylic acids is 1. The minimum atomic E-state index is -0.913.